The first-order valence-electron chi connectivity index (χ1n) is 7.81. The van der Waals surface area contributed by atoms with Gasteiger partial charge in [0.2, 0.25) is 5.75 Å². The SMILES string of the molecule is CC1COc2c(N)nc(CCc3c[nH]c4ccccc34)nc2N1. The highest BCUT2D eigenvalue weighted by Gasteiger charge is 2.21. The molecular weight excluding hydrogens is 290 g/mol. The molecule has 4 rings (SSSR count). The Balaban J connectivity index is 1.57. The Kier molecular flexibility index (Phi) is 3.29. The third-order valence-electron chi connectivity index (χ3n) is 4.09. The van der Waals surface area contributed by atoms with Crippen molar-refractivity contribution in [1.29, 1.82) is 0 Å². The summed E-state index contributed by atoms with van der Waals surface area (Å²) >= 11 is 0. The molecule has 1 unspecified atom stereocenters. The summed E-state index contributed by atoms with van der Waals surface area (Å²) in [5.74, 6) is 2.41. The second-order valence-corrected chi connectivity index (χ2v) is 5.92. The van der Waals surface area contributed by atoms with Gasteiger partial charge in [-0.3, -0.25) is 0 Å². The number of fused-ring (bicyclic) bond motifs is 2. The lowest BCUT2D eigenvalue weighted by Gasteiger charge is -2.24. The maximum Gasteiger partial charge on any atom is 0.204 e. The number of hydrogen-bond acceptors (Lipinski definition) is 5. The lowest BCUT2D eigenvalue weighted by molar-refractivity contribution is 0.290. The van der Waals surface area contributed by atoms with Crippen molar-refractivity contribution in [2.75, 3.05) is 17.7 Å². The molecular formula is C17H19N5O. The van der Waals surface area contributed by atoms with Gasteiger partial charge in [0.1, 0.15) is 12.4 Å². The lowest BCUT2D eigenvalue weighted by atomic mass is 10.1. The fraction of sp³-hybridized carbons (Fsp3) is 0.294. The number of nitrogen functional groups attached to an aromatic ring is 1. The van der Waals surface area contributed by atoms with E-state index < -0.39 is 0 Å². The molecule has 1 aromatic carbocycles. The zero-order chi connectivity index (χ0) is 15.8. The lowest BCUT2D eigenvalue weighted by Crippen LogP contribution is -2.30. The Bertz CT molecular complexity index is 857. The van der Waals surface area contributed by atoms with Crippen LogP contribution in [0.25, 0.3) is 10.9 Å². The van der Waals surface area contributed by atoms with Crippen LogP contribution in [0.15, 0.2) is 30.5 Å². The van der Waals surface area contributed by atoms with Gasteiger partial charge in [0.15, 0.2) is 11.6 Å². The normalized spacial score (nSPS) is 16.7. The van der Waals surface area contributed by atoms with E-state index in [0.29, 0.717) is 24.0 Å². The van der Waals surface area contributed by atoms with Gasteiger partial charge in [-0.05, 0) is 25.0 Å². The van der Waals surface area contributed by atoms with Crippen LogP contribution in [0.3, 0.4) is 0 Å². The summed E-state index contributed by atoms with van der Waals surface area (Å²) in [7, 11) is 0. The quantitative estimate of drug-likeness (QED) is 0.692. The van der Waals surface area contributed by atoms with Crippen molar-refractivity contribution in [3.05, 3.63) is 41.9 Å². The monoisotopic (exact) mass is 309 g/mol. The second-order valence-electron chi connectivity index (χ2n) is 5.92. The third kappa shape index (κ3) is 2.56. The van der Waals surface area contributed by atoms with Crippen molar-refractivity contribution in [2.45, 2.75) is 25.8 Å². The molecule has 6 nitrogen and oxygen atoms in total. The minimum Gasteiger partial charge on any atom is -0.484 e. The average molecular weight is 309 g/mol. The van der Waals surface area contributed by atoms with Gasteiger partial charge >= 0.3 is 0 Å². The Morgan fingerprint density at radius 2 is 2.13 bits per heavy atom. The van der Waals surface area contributed by atoms with E-state index in [4.69, 9.17) is 10.5 Å². The minimum absolute atomic E-state index is 0.221. The number of aryl methyl sites for hydroxylation is 2. The number of benzene rings is 1. The number of aromatic amines is 1. The van der Waals surface area contributed by atoms with Crippen LogP contribution in [-0.2, 0) is 12.8 Å². The summed E-state index contributed by atoms with van der Waals surface area (Å²) in [4.78, 5) is 12.2. The largest absolute Gasteiger partial charge is 0.484 e. The number of para-hydroxylation sites is 1. The summed E-state index contributed by atoms with van der Waals surface area (Å²) in [5, 5.41) is 4.55. The van der Waals surface area contributed by atoms with E-state index in [2.05, 4.69) is 44.7 Å². The van der Waals surface area contributed by atoms with E-state index in [0.717, 1.165) is 24.2 Å². The first-order chi connectivity index (χ1) is 11.2. The number of rotatable bonds is 3. The van der Waals surface area contributed by atoms with Crippen molar-refractivity contribution < 1.29 is 4.74 Å². The van der Waals surface area contributed by atoms with Gasteiger partial charge in [-0.25, -0.2) is 9.97 Å². The molecule has 0 radical (unpaired) electrons. The molecule has 0 saturated carbocycles. The molecule has 4 N–H and O–H groups in total. The molecule has 0 aliphatic carbocycles. The molecule has 1 aliphatic rings. The summed E-state index contributed by atoms with van der Waals surface area (Å²) < 4.78 is 5.61. The van der Waals surface area contributed by atoms with Crippen molar-refractivity contribution in [3.63, 3.8) is 0 Å². The van der Waals surface area contributed by atoms with E-state index in [9.17, 15) is 0 Å². The van der Waals surface area contributed by atoms with Crippen molar-refractivity contribution in [1.82, 2.24) is 15.0 Å². The third-order valence-corrected chi connectivity index (χ3v) is 4.09. The molecule has 1 aliphatic heterocycles. The molecule has 2 aromatic heterocycles. The number of hydrogen-bond donors (Lipinski definition) is 3. The highest BCUT2D eigenvalue weighted by molar-refractivity contribution is 5.83. The molecule has 0 amide bonds. The number of nitrogens with one attached hydrogen (secondary N) is 2. The highest BCUT2D eigenvalue weighted by Crippen LogP contribution is 2.32. The van der Waals surface area contributed by atoms with Crippen LogP contribution in [0.5, 0.6) is 5.75 Å². The van der Waals surface area contributed by atoms with Crippen LogP contribution < -0.4 is 15.8 Å². The average Bonchev–Trinajstić information content (AvgIpc) is 2.96. The number of anilines is 2. The Morgan fingerprint density at radius 3 is 3.04 bits per heavy atom. The van der Waals surface area contributed by atoms with Gasteiger partial charge in [-0.1, -0.05) is 18.2 Å². The molecule has 6 heteroatoms. The molecule has 0 spiro atoms. The number of nitrogens with two attached hydrogens (primary N) is 1. The molecule has 23 heavy (non-hydrogen) atoms. The zero-order valence-electron chi connectivity index (χ0n) is 13.0. The van der Waals surface area contributed by atoms with Gasteiger partial charge in [-0.2, -0.15) is 0 Å². The van der Waals surface area contributed by atoms with Crippen LogP contribution in [0.1, 0.15) is 18.3 Å². The first-order valence-corrected chi connectivity index (χ1v) is 7.81. The van der Waals surface area contributed by atoms with E-state index >= 15 is 0 Å². The topological polar surface area (TPSA) is 88.8 Å². The standard InChI is InChI=1S/C17H19N5O/c1-10-9-23-15-16(18)21-14(22-17(15)20-10)7-6-11-8-19-13-5-3-2-4-12(11)13/h2-5,8,10,19H,6-7,9H2,1H3,(H3,18,20,21,22). The predicted octanol–water partition coefficient (Wildman–Crippen LogP) is 2.52. The Morgan fingerprint density at radius 1 is 1.26 bits per heavy atom. The van der Waals surface area contributed by atoms with Gasteiger partial charge in [0, 0.05) is 23.5 Å². The Hall–Kier alpha value is -2.76. The number of H-pyrrole nitrogens is 1. The Labute approximate surface area is 134 Å². The number of ether oxygens (including phenoxy) is 1. The van der Waals surface area contributed by atoms with E-state index in [1.165, 1.54) is 10.9 Å². The van der Waals surface area contributed by atoms with Crippen LogP contribution in [0.2, 0.25) is 0 Å². The predicted molar refractivity (Wildman–Crippen MR) is 90.7 cm³/mol. The van der Waals surface area contributed by atoms with Crippen molar-refractivity contribution in [3.8, 4) is 5.75 Å². The fourth-order valence-corrected chi connectivity index (χ4v) is 2.94. The fourth-order valence-electron chi connectivity index (χ4n) is 2.94. The van der Waals surface area contributed by atoms with E-state index in [-0.39, 0.29) is 6.04 Å². The second kappa shape index (κ2) is 5.46. The molecule has 1 atom stereocenters. The van der Waals surface area contributed by atoms with Crippen LogP contribution in [0.4, 0.5) is 11.6 Å². The summed E-state index contributed by atoms with van der Waals surface area (Å²) in [6, 6.07) is 8.51. The molecule has 118 valence electrons. The van der Waals surface area contributed by atoms with E-state index in [1.54, 1.807) is 0 Å². The number of aromatic nitrogens is 3. The minimum atomic E-state index is 0.221. The van der Waals surface area contributed by atoms with Gasteiger partial charge in [0.05, 0.1) is 6.04 Å². The highest BCUT2D eigenvalue weighted by atomic mass is 16.5. The van der Waals surface area contributed by atoms with Crippen LogP contribution >= 0.6 is 0 Å². The molecule has 0 bridgehead atoms. The zero-order valence-corrected chi connectivity index (χ0v) is 13.0. The van der Waals surface area contributed by atoms with Gasteiger partial charge < -0.3 is 20.8 Å². The van der Waals surface area contributed by atoms with Crippen LogP contribution in [-0.4, -0.2) is 27.6 Å². The van der Waals surface area contributed by atoms with Gasteiger partial charge in [0.25, 0.3) is 0 Å². The first kappa shape index (κ1) is 13.9. The molecule has 3 heterocycles. The maximum absolute atomic E-state index is 6.00. The van der Waals surface area contributed by atoms with Crippen molar-refractivity contribution in [2.24, 2.45) is 0 Å². The van der Waals surface area contributed by atoms with E-state index in [1.807, 2.05) is 13.0 Å². The number of nitrogens with zero attached hydrogens (tertiary/aromatic N) is 2. The molecule has 0 fully saturated rings. The van der Waals surface area contributed by atoms with Gasteiger partial charge in [-0.15, -0.1) is 0 Å². The van der Waals surface area contributed by atoms with Crippen LogP contribution in [0, 0.1) is 0 Å². The summed E-state index contributed by atoms with van der Waals surface area (Å²) in [6.07, 6.45) is 3.64. The summed E-state index contributed by atoms with van der Waals surface area (Å²) in [6.45, 7) is 2.63. The maximum atomic E-state index is 6.00. The summed E-state index contributed by atoms with van der Waals surface area (Å²) in [5.41, 5.74) is 8.42. The van der Waals surface area contributed by atoms with Crippen molar-refractivity contribution >= 4 is 22.5 Å². The smallest absolute Gasteiger partial charge is 0.204 e. The molecule has 3 aromatic rings. The molecule has 0 saturated heterocycles.